The average molecular weight is 238 g/mol. The van der Waals surface area contributed by atoms with Gasteiger partial charge in [-0.3, -0.25) is 0 Å². The SMILES string of the molecule is CC1CCC(OCCCC(C)(N)C#N)CC1C. The van der Waals surface area contributed by atoms with E-state index in [9.17, 15) is 0 Å². The molecule has 0 saturated heterocycles. The summed E-state index contributed by atoms with van der Waals surface area (Å²) in [6.07, 6.45) is 5.65. The molecule has 1 aliphatic rings. The van der Waals surface area contributed by atoms with E-state index >= 15 is 0 Å². The van der Waals surface area contributed by atoms with Crippen LogP contribution in [-0.2, 0) is 4.74 Å². The molecular formula is C14H26N2O. The first kappa shape index (κ1) is 14.5. The first-order valence-corrected chi connectivity index (χ1v) is 6.76. The van der Waals surface area contributed by atoms with Crippen LogP contribution in [-0.4, -0.2) is 18.2 Å². The number of hydrogen-bond acceptors (Lipinski definition) is 3. The van der Waals surface area contributed by atoms with Crippen LogP contribution in [0.1, 0.15) is 52.9 Å². The number of ether oxygens (including phenoxy) is 1. The van der Waals surface area contributed by atoms with Crippen LogP contribution in [0.3, 0.4) is 0 Å². The molecule has 0 aliphatic heterocycles. The van der Waals surface area contributed by atoms with Gasteiger partial charge in [-0.05, 0) is 50.9 Å². The monoisotopic (exact) mass is 238 g/mol. The summed E-state index contributed by atoms with van der Waals surface area (Å²) in [6.45, 7) is 7.15. The lowest BCUT2D eigenvalue weighted by Crippen LogP contribution is -2.34. The predicted molar refractivity (Wildman–Crippen MR) is 69.4 cm³/mol. The van der Waals surface area contributed by atoms with Gasteiger partial charge in [0.05, 0.1) is 12.2 Å². The first-order chi connectivity index (χ1) is 7.94. The third kappa shape index (κ3) is 5.06. The van der Waals surface area contributed by atoms with Crippen molar-refractivity contribution in [2.75, 3.05) is 6.61 Å². The van der Waals surface area contributed by atoms with E-state index in [1.165, 1.54) is 19.3 Å². The van der Waals surface area contributed by atoms with Crippen molar-refractivity contribution in [1.29, 1.82) is 5.26 Å². The van der Waals surface area contributed by atoms with E-state index in [4.69, 9.17) is 15.7 Å². The molecule has 4 atom stereocenters. The fraction of sp³-hybridized carbons (Fsp3) is 0.929. The summed E-state index contributed by atoms with van der Waals surface area (Å²) in [6, 6.07) is 2.11. The highest BCUT2D eigenvalue weighted by molar-refractivity contribution is 5.00. The minimum Gasteiger partial charge on any atom is -0.378 e. The number of nitriles is 1. The largest absolute Gasteiger partial charge is 0.378 e. The van der Waals surface area contributed by atoms with Gasteiger partial charge in [-0.15, -0.1) is 0 Å². The Bertz CT molecular complexity index is 270. The fourth-order valence-corrected chi connectivity index (χ4v) is 2.39. The molecule has 3 nitrogen and oxygen atoms in total. The van der Waals surface area contributed by atoms with Crippen LogP contribution in [0.4, 0.5) is 0 Å². The molecule has 4 unspecified atom stereocenters. The Labute approximate surface area is 105 Å². The third-order valence-electron chi connectivity index (χ3n) is 4.00. The quantitative estimate of drug-likeness (QED) is 0.749. The Balaban J connectivity index is 2.14. The van der Waals surface area contributed by atoms with E-state index in [2.05, 4.69) is 19.9 Å². The van der Waals surface area contributed by atoms with E-state index < -0.39 is 5.54 Å². The molecule has 0 amide bonds. The highest BCUT2D eigenvalue weighted by Crippen LogP contribution is 2.31. The smallest absolute Gasteiger partial charge is 0.101 e. The van der Waals surface area contributed by atoms with E-state index in [0.29, 0.717) is 12.5 Å². The average Bonchev–Trinajstić information content (AvgIpc) is 2.29. The molecule has 0 aromatic carbocycles. The Kier molecular flexibility index (Phi) is 5.42. The lowest BCUT2D eigenvalue weighted by atomic mass is 9.80. The molecule has 0 aromatic rings. The van der Waals surface area contributed by atoms with Gasteiger partial charge in [0.25, 0.3) is 0 Å². The van der Waals surface area contributed by atoms with Crippen molar-refractivity contribution in [1.82, 2.24) is 0 Å². The summed E-state index contributed by atoms with van der Waals surface area (Å²) < 4.78 is 5.88. The molecule has 17 heavy (non-hydrogen) atoms. The minimum atomic E-state index is -0.697. The molecule has 3 heteroatoms. The van der Waals surface area contributed by atoms with Crippen LogP contribution in [0.15, 0.2) is 0 Å². The van der Waals surface area contributed by atoms with Gasteiger partial charge in [0.1, 0.15) is 5.54 Å². The molecule has 2 N–H and O–H groups in total. The van der Waals surface area contributed by atoms with Crippen molar-refractivity contribution >= 4 is 0 Å². The molecule has 1 rings (SSSR count). The zero-order valence-corrected chi connectivity index (χ0v) is 11.4. The molecule has 0 heterocycles. The van der Waals surface area contributed by atoms with Crippen molar-refractivity contribution in [3.05, 3.63) is 0 Å². The molecule has 0 radical (unpaired) electrons. The van der Waals surface area contributed by atoms with E-state index in [1.54, 1.807) is 6.92 Å². The predicted octanol–water partition coefficient (Wildman–Crippen LogP) is 2.85. The van der Waals surface area contributed by atoms with Crippen molar-refractivity contribution in [2.24, 2.45) is 17.6 Å². The maximum absolute atomic E-state index is 8.79. The van der Waals surface area contributed by atoms with Gasteiger partial charge in [-0.25, -0.2) is 0 Å². The van der Waals surface area contributed by atoms with Crippen LogP contribution in [0.5, 0.6) is 0 Å². The minimum absolute atomic E-state index is 0.423. The van der Waals surface area contributed by atoms with Crippen molar-refractivity contribution < 1.29 is 4.74 Å². The molecule has 0 aromatic heterocycles. The number of nitrogens with zero attached hydrogens (tertiary/aromatic N) is 1. The lowest BCUT2D eigenvalue weighted by Gasteiger charge is -2.32. The van der Waals surface area contributed by atoms with Gasteiger partial charge in [0, 0.05) is 6.61 Å². The van der Waals surface area contributed by atoms with E-state index in [-0.39, 0.29) is 0 Å². The van der Waals surface area contributed by atoms with Gasteiger partial charge in [-0.2, -0.15) is 5.26 Å². The van der Waals surface area contributed by atoms with E-state index in [1.807, 2.05) is 0 Å². The molecule has 1 aliphatic carbocycles. The topological polar surface area (TPSA) is 59.0 Å². The molecule has 1 fully saturated rings. The van der Waals surface area contributed by atoms with Gasteiger partial charge >= 0.3 is 0 Å². The summed E-state index contributed by atoms with van der Waals surface area (Å²) >= 11 is 0. The zero-order valence-electron chi connectivity index (χ0n) is 11.4. The van der Waals surface area contributed by atoms with Crippen LogP contribution in [0, 0.1) is 23.2 Å². The first-order valence-electron chi connectivity index (χ1n) is 6.76. The van der Waals surface area contributed by atoms with Crippen molar-refractivity contribution in [3.8, 4) is 6.07 Å². The van der Waals surface area contributed by atoms with Gasteiger partial charge in [0.15, 0.2) is 0 Å². The normalized spacial score (nSPS) is 32.8. The lowest BCUT2D eigenvalue weighted by molar-refractivity contribution is 0.000282. The van der Waals surface area contributed by atoms with Crippen LogP contribution in [0.25, 0.3) is 0 Å². The number of rotatable bonds is 5. The van der Waals surface area contributed by atoms with Gasteiger partial charge in [0.2, 0.25) is 0 Å². The third-order valence-corrected chi connectivity index (χ3v) is 4.00. The van der Waals surface area contributed by atoms with Crippen LogP contribution >= 0.6 is 0 Å². The number of nitrogens with two attached hydrogens (primary N) is 1. The number of hydrogen-bond donors (Lipinski definition) is 1. The molecular weight excluding hydrogens is 212 g/mol. The second kappa shape index (κ2) is 6.37. The van der Waals surface area contributed by atoms with Crippen LogP contribution < -0.4 is 5.73 Å². The van der Waals surface area contributed by atoms with Crippen LogP contribution in [0.2, 0.25) is 0 Å². The molecule has 98 valence electrons. The second-order valence-corrected chi connectivity index (χ2v) is 5.89. The summed E-state index contributed by atoms with van der Waals surface area (Å²) in [4.78, 5) is 0. The standard InChI is InChI=1S/C14H26N2O/c1-11-5-6-13(9-12(11)2)17-8-4-7-14(3,16)10-15/h11-13H,4-9,16H2,1-3H3. The van der Waals surface area contributed by atoms with E-state index in [0.717, 1.165) is 24.9 Å². The Hall–Kier alpha value is -0.590. The Morgan fingerprint density at radius 2 is 2.06 bits per heavy atom. The summed E-state index contributed by atoms with van der Waals surface area (Å²) in [5.41, 5.74) is 5.06. The highest BCUT2D eigenvalue weighted by atomic mass is 16.5. The Morgan fingerprint density at radius 3 is 2.65 bits per heavy atom. The summed E-state index contributed by atoms with van der Waals surface area (Å²) in [5.74, 6) is 1.61. The van der Waals surface area contributed by atoms with Crippen molar-refractivity contribution in [3.63, 3.8) is 0 Å². The Morgan fingerprint density at radius 1 is 1.35 bits per heavy atom. The second-order valence-electron chi connectivity index (χ2n) is 5.89. The summed E-state index contributed by atoms with van der Waals surface area (Å²) in [5, 5.41) is 8.79. The van der Waals surface area contributed by atoms with Crippen molar-refractivity contribution in [2.45, 2.75) is 64.5 Å². The fourth-order valence-electron chi connectivity index (χ4n) is 2.39. The van der Waals surface area contributed by atoms with Gasteiger partial charge < -0.3 is 10.5 Å². The maximum atomic E-state index is 8.79. The highest BCUT2D eigenvalue weighted by Gasteiger charge is 2.25. The summed E-state index contributed by atoms with van der Waals surface area (Å²) in [7, 11) is 0. The zero-order chi connectivity index (χ0) is 12.9. The molecule has 0 spiro atoms. The maximum Gasteiger partial charge on any atom is 0.101 e. The molecule has 0 bridgehead atoms. The molecule has 1 saturated carbocycles. The van der Waals surface area contributed by atoms with Gasteiger partial charge in [-0.1, -0.05) is 13.8 Å².